The van der Waals surface area contributed by atoms with Crippen LogP contribution in [-0.2, 0) is 17.8 Å². The van der Waals surface area contributed by atoms with Crippen LogP contribution in [0.3, 0.4) is 0 Å². The zero-order chi connectivity index (χ0) is 19.2. The van der Waals surface area contributed by atoms with Crippen molar-refractivity contribution in [2.45, 2.75) is 39.1 Å². The summed E-state index contributed by atoms with van der Waals surface area (Å²) in [6, 6.07) is 13.8. The highest BCUT2D eigenvalue weighted by Crippen LogP contribution is 2.15. The van der Waals surface area contributed by atoms with Crippen LogP contribution in [0.4, 0.5) is 14.9 Å². The summed E-state index contributed by atoms with van der Waals surface area (Å²) in [6.45, 7) is 7.34. The number of amides is 2. The Morgan fingerprint density at radius 3 is 2.37 bits per heavy atom. The third kappa shape index (κ3) is 5.77. The Morgan fingerprint density at radius 1 is 1.07 bits per heavy atom. The van der Waals surface area contributed by atoms with Crippen LogP contribution in [-0.4, -0.2) is 36.2 Å². The number of morpholine rings is 1. The standard InChI is InChI=1S/C21H26FN3O2/c1-15-12-25(13-16(2)27-15)14-18-9-7-17(8-10-18)11-23-21(26)24-20-6-4-3-5-19(20)22/h3-10,15-16H,11-14H2,1-2H3,(H2,23,24,26). The number of rotatable bonds is 5. The monoisotopic (exact) mass is 371 g/mol. The van der Waals surface area contributed by atoms with Crippen molar-refractivity contribution < 1.29 is 13.9 Å². The average Bonchev–Trinajstić information content (AvgIpc) is 2.62. The largest absolute Gasteiger partial charge is 0.373 e. The van der Waals surface area contributed by atoms with Gasteiger partial charge in [-0.3, -0.25) is 4.90 Å². The number of ether oxygens (including phenoxy) is 1. The highest BCUT2D eigenvalue weighted by atomic mass is 19.1. The van der Waals surface area contributed by atoms with Gasteiger partial charge in [-0.25, -0.2) is 9.18 Å². The zero-order valence-electron chi connectivity index (χ0n) is 15.7. The van der Waals surface area contributed by atoms with Crippen molar-refractivity contribution in [1.82, 2.24) is 10.2 Å². The molecule has 1 fully saturated rings. The number of anilines is 1. The van der Waals surface area contributed by atoms with Crippen molar-refractivity contribution in [3.8, 4) is 0 Å². The van der Waals surface area contributed by atoms with Crippen molar-refractivity contribution >= 4 is 11.7 Å². The van der Waals surface area contributed by atoms with Crippen LogP contribution in [0.25, 0.3) is 0 Å². The van der Waals surface area contributed by atoms with Crippen LogP contribution in [0.1, 0.15) is 25.0 Å². The lowest BCUT2D eigenvalue weighted by Crippen LogP contribution is -2.44. The third-order valence-corrected chi connectivity index (χ3v) is 4.50. The van der Waals surface area contributed by atoms with E-state index < -0.39 is 11.8 Å². The third-order valence-electron chi connectivity index (χ3n) is 4.50. The minimum Gasteiger partial charge on any atom is -0.373 e. The number of nitrogens with one attached hydrogen (secondary N) is 2. The molecule has 0 spiro atoms. The molecule has 5 nitrogen and oxygen atoms in total. The maximum absolute atomic E-state index is 13.5. The number of halogens is 1. The molecule has 0 aromatic heterocycles. The lowest BCUT2D eigenvalue weighted by Gasteiger charge is -2.35. The van der Waals surface area contributed by atoms with Crippen LogP contribution in [0.15, 0.2) is 48.5 Å². The molecular weight excluding hydrogens is 345 g/mol. The van der Waals surface area contributed by atoms with Gasteiger partial charge < -0.3 is 15.4 Å². The van der Waals surface area contributed by atoms with Crippen LogP contribution < -0.4 is 10.6 Å². The zero-order valence-corrected chi connectivity index (χ0v) is 15.7. The minimum atomic E-state index is -0.455. The maximum Gasteiger partial charge on any atom is 0.319 e. The number of carbonyl (C=O) groups is 1. The molecule has 2 unspecified atom stereocenters. The van der Waals surface area contributed by atoms with Crippen molar-refractivity contribution in [3.05, 3.63) is 65.5 Å². The lowest BCUT2D eigenvalue weighted by atomic mass is 10.1. The molecule has 2 atom stereocenters. The average molecular weight is 371 g/mol. The van der Waals surface area contributed by atoms with Gasteiger partial charge in [0.15, 0.2) is 0 Å². The van der Waals surface area contributed by atoms with Gasteiger partial charge in [-0.15, -0.1) is 0 Å². The van der Waals surface area contributed by atoms with Gasteiger partial charge in [0, 0.05) is 26.2 Å². The predicted octanol–water partition coefficient (Wildman–Crippen LogP) is 3.76. The highest BCUT2D eigenvalue weighted by Gasteiger charge is 2.21. The van der Waals surface area contributed by atoms with Gasteiger partial charge in [-0.2, -0.15) is 0 Å². The molecule has 6 heteroatoms. The van der Waals surface area contributed by atoms with E-state index in [0.717, 1.165) is 25.2 Å². The Balaban J connectivity index is 1.47. The van der Waals surface area contributed by atoms with Gasteiger partial charge in [0.1, 0.15) is 5.82 Å². The molecule has 2 N–H and O–H groups in total. The Labute approximate surface area is 159 Å². The molecular formula is C21H26FN3O2. The second-order valence-electron chi connectivity index (χ2n) is 7.06. The molecule has 3 rings (SSSR count). The van der Waals surface area contributed by atoms with Gasteiger partial charge in [-0.1, -0.05) is 36.4 Å². The van der Waals surface area contributed by atoms with E-state index in [9.17, 15) is 9.18 Å². The summed E-state index contributed by atoms with van der Waals surface area (Å²) in [4.78, 5) is 14.3. The molecule has 2 aromatic carbocycles. The fraction of sp³-hybridized carbons (Fsp3) is 0.381. The van der Waals surface area contributed by atoms with Crippen LogP contribution in [0, 0.1) is 5.82 Å². The number of hydrogen-bond donors (Lipinski definition) is 2. The van der Waals surface area contributed by atoms with E-state index in [0.29, 0.717) is 6.54 Å². The summed E-state index contributed by atoms with van der Waals surface area (Å²) in [6.07, 6.45) is 0.510. The lowest BCUT2D eigenvalue weighted by molar-refractivity contribution is -0.0704. The van der Waals surface area contributed by atoms with Gasteiger partial charge in [0.2, 0.25) is 0 Å². The van der Waals surface area contributed by atoms with E-state index in [-0.39, 0.29) is 17.9 Å². The molecule has 0 radical (unpaired) electrons. The Hall–Kier alpha value is -2.44. The number of nitrogens with zero attached hydrogens (tertiary/aromatic N) is 1. The summed E-state index contributed by atoms with van der Waals surface area (Å²) in [5.74, 6) is -0.455. The first-order valence-corrected chi connectivity index (χ1v) is 9.24. The van der Waals surface area contributed by atoms with E-state index in [4.69, 9.17) is 4.74 Å². The number of para-hydroxylation sites is 1. The molecule has 144 valence electrons. The van der Waals surface area contributed by atoms with Crippen LogP contribution in [0.2, 0.25) is 0 Å². The molecule has 0 aliphatic carbocycles. The molecule has 1 aliphatic rings. The van der Waals surface area contributed by atoms with Crippen LogP contribution >= 0.6 is 0 Å². The van der Waals surface area contributed by atoms with Gasteiger partial charge in [0.05, 0.1) is 17.9 Å². The van der Waals surface area contributed by atoms with E-state index in [1.807, 2.05) is 12.1 Å². The SMILES string of the molecule is CC1CN(Cc2ccc(CNC(=O)Nc3ccccc3F)cc2)CC(C)O1. The number of benzene rings is 2. The fourth-order valence-corrected chi connectivity index (χ4v) is 3.35. The second-order valence-corrected chi connectivity index (χ2v) is 7.06. The molecule has 1 saturated heterocycles. The number of hydrogen-bond acceptors (Lipinski definition) is 3. The first-order valence-electron chi connectivity index (χ1n) is 9.24. The molecule has 0 saturated carbocycles. The van der Waals surface area contributed by atoms with Crippen molar-refractivity contribution in [3.63, 3.8) is 0 Å². The second kappa shape index (κ2) is 8.97. The minimum absolute atomic E-state index is 0.166. The van der Waals surface area contributed by atoms with E-state index >= 15 is 0 Å². The van der Waals surface area contributed by atoms with E-state index in [1.165, 1.54) is 17.7 Å². The topological polar surface area (TPSA) is 53.6 Å². The van der Waals surface area contributed by atoms with Gasteiger partial charge >= 0.3 is 6.03 Å². The normalized spacial score (nSPS) is 20.3. The molecule has 1 aliphatic heterocycles. The summed E-state index contributed by atoms with van der Waals surface area (Å²) in [5, 5.41) is 5.25. The number of urea groups is 1. The van der Waals surface area contributed by atoms with Crippen molar-refractivity contribution in [2.24, 2.45) is 0 Å². The van der Waals surface area contributed by atoms with Crippen molar-refractivity contribution in [2.75, 3.05) is 18.4 Å². The first kappa shape index (κ1) is 19.3. The molecule has 2 amide bonds. The Kier molecular flexibility index (Phi) is 6.42. The molecule has 2 aromatic rings. The Bertz CT molecular complexity index is 756. The number of carbonyl (C=O) groups excluding carboxylic acids is 1. The maximum atomic E-state index is 13.5. The van der Waals surface area contributed by atoms with Gasteiger partial charge in [-0.05, 0) is 37.1 Å². The van der Waals surface area contributed by atoms with E-state index in [2.05, 4.69) is 41.5 Å². The first-order chi connectivity index (χ1) is 13.0. The summed E-state index contributed by atoms with van der Waals surface area (Å²) >= 11 is 0. The molecule has 0 bridgehead atoms. The van der Waals surface area contributed by atoms with E-state index in [1.54, 1.807) is 12.1 Å². The fourth-order valence-electron chi connectivity index (χ4n) is 3.35. The quantitative estimate of drug-likeness (QED) is 0.842. The smallest absolute Gasteiger partial charge is 0.319 e. The highest BCUT2D eigenvalue weighted by molar-refractivity contribution is 5.89. The van der Waals surface area contributed by atoms with Crippen LogP contribution in [0.5, 0.6) is 0 Å². The summed E-state index contributed by atoms with van der Waals surface area (Å²) in [7, 11) is 0. The Morgan fingerprint density at radius 2 is 1.70 bits per heavy atom. The molecule has 1 heterocycles. The molecule has 27 heavy (non-hydrogen) atoms. The summed E-state index contributed by atoms with van der Waals surface area (Å²) in [5.41, 5.74) is 2.39. The predicted molar refractivity (Wildman–Crippen MR) is 104 cm³/mol. The van der Waals surface area contributed by atoms with Gasteiger partial charge in [0.25, 0.3) is 0 Å². The summed E-state index contributed by atoms with van der Waals surface area (Å²) < 4.78 is 19.3. The van der Waals surface area contributed by atoms with Crippen molar-refractivity contribution in [1.29, 1.82) is 0 Å².